The van der Waals surface area contributed by atoms with Gasteiger partial charge in [-0.3, -0.25) is 14.4 Å². The van der Waals surface area contributed by atoms with Gasteiger partial charge in [-0.1, -0.05) is 29.3 Å². The van der Waals surface area contributed by atoms with Crippen molar-refractivity contribution in [2.45, 2.75) is 16.6 Å². The lowest BCUT2D eigenvalue weighted by Gasteiger charge is -2.15. The van der Waals surface area contributed by atoms with Crippen molar-refractivity contribution >= 4 is 75.7 Å². The van der Waals surface area contributed by atoms with E-state index in [2.05, 4.69) is 5.32 Å². The van der Waals surface area contributed by atoms with Crippen molar-refractivity contribution in [1.82, 2.24) is 0 Å². The minimum atomic E-state index is -0.741. The minimum Gasteiger partial charge on any atom is -0.452 e. The molecule has 0 spiro atoms. The van der Waals surface area contributed by atoms with Crippen molar-refractivity contribution in [3.63, 3.8) is 0 Å². The zero-order valence-corrected chi connectivity index (χ0v) is 20.9. The topological polar surface area (TPSA) is 119 Å². The number of hydrogen-bond donors (Lipinski definition) is 2. The lowest BCUT2D eigenvalue weighted by molar-refractivity contribution is -0.121. The van der Waals surface area contributed by atoms with E-state index in [1.807, 2.05) is 6.07 Å². The summed E-state index contributed by atoms with van der Waals surface area (Å²) in [5.74, 6) is -2.00. The first-order valence-corrected chi connectivity index (χ1v) is 12.3. The number of nitrogens with zero attached hydrogens (tertiary/aromatic N) is 1. The third kappa shape index (κ3) is 6.17. The predicted molar refractivity (Wildman–Crippen MR) is 139 cm³/mol. The molecule has 3 N–H and O–H groups in total. The Morgan fingerprint density at radius 1 is 1.03 bits per heavy atom. The Morgan fingerprint density at radius 3 is 2.39 bits per heavy atom. The largest absolute Gasteiger partial charge is 0.452 e. The average Bonchev–Trinajstić information content (AvgIpc) is 3.09. The van der Waals surface area contributed by atoms with E-state index in [1.54, 1.807) is 18.2 Å². The van der Waals surface area contributed by atoms with Crippen LogP contribution in [0.25, 0.3) is 0 Å². The SMILES string of the molecule is Nc1cccc(SC2CC(=O)N(c3ccc(C(=O)OCC(=O)Nc4cc(Cl)cc(Cl)c4)cc3)C2=O)c1. The van der Waals surface area contributed by atoms with E-state index in [1.165, 1.54) is 54.2 Å². The molecule has 36 heavy (non-hydrogen) atoms. The Hall–Kier alpha value is -3.53. The third-order valence-electron chi connectivity index (χ3n) is 5.08. The summed E-state index contributed by atoms with van der Waals surface area (Å²) in [6.45, 7) is -0.531. The van der Waals surface area contributed by atoms with Crippen molar-refractivity contribution in [2.75, 3.05) is 22.6 Å². The Balaban J connectivity index is 1.34. The molecule has 3 aromatic carbocycles. The van der Waals surface area contributed by atoms with Gasteiger partial charge in [0.1, 0.15) is 0 Å². The molecule has 0 aliphatic carbocycles. The van der Waals surface area contributed by atoms with E-state index in [9.17, 15) is 19.2 Å². The summed E-state index contributed by atoms with van der Waals surface area (Å²) in [7, 11) is 0. The normalized spacial score (nSPS) is 15.2. The highest BCUT2D eigenvalue weighted by atomic mass is 35.5. The predicted octanol–water partition coefficient (Wildman–Crippen LogP) is 4.80. The minimum absolute atomic E-state index is 0.0506. The number of amides is 3. The molecule has 8 nitrogen and oxygen atoms in total. The molecule has 1 saturated heterocycles. The van der Waals surface area contributed by atoms with Crippen LogP contribution in [-0.4, -0.2) is 35.5 Å². The Kier molecular flexibility index (Phi) is 7.83. The van der Waals surface area contributed by atoms with E-state index in [0.717, 1.165) is 9.80 Å². The van der Waals surface area contributed by atoms with Crippen LogP contribution in [0.15, 0.2) is 71.6 Å². The van der Waals surface area contributed by atoms with E-state index in [-0.39, 0.29) is 23.8 Å². The molecular weight excluding hydrogens is 525 g/mol. The van der Waals surface area contributed by atoms with Gasteiger partial charge in [0, 0.05) is 32.7 Å². The number of ether oxygens (including phenoxy) is 1. The summed E-state index contributed by atoms with van der Waals surface area (Å²) >= 11 is 13.1. The molecule has 1 heterocycles. The van der Waals surface area contributed by atoms with Crippen LogP contribution in [0, 0.1) is 0 Å². The van der Waals surface area contributed by atoms with Gasteiger partial charge in [0.2, 0.25) is 11.8 Å². The first kappa shape index (κ1) is 25.6. The lowest BCUT2D eigenvalue weighted by Crippen LogP contribution is -2.31. The summed E-state index contributed by atoms with van der Waals surface area (Å²) in [5, 5.41) is 2.66. The van der Waals surface area contributed by atoms with Crippen molar-refractivity contribution in [3.8, 4) is 0 Å². The number of imide groups is 1. The molecule has 1 unspecified atom stereocenters. The monoisotopic (exact) mass is 543 g/mol. The number of halogens is 2. The molecule has 11 heteroatoms. The number of hydrogen-bond acceptors (Lipinski definition) is 7. The van der Waals surface area contributed by atoms with Crippen molar-refractivity contribution < 1.29 is 23.9 Å². The molecule has 0 radical (unpaired) electrons. The van der Waals surface area contributed by atoms with Gasteiger partial charge in [0.05, 0.1) is 16.5 Å². The summed E-state index contributed by atoms with van der Waals surface area (Å²) in [6.07, 6.45) is 0.0506. The standard InChI is InChI=1S/C25H19Cl2N3O5S/c26-15-8-16(27)10-18(9-15)29-22(31)13-35-25(34)14-4-6-19(7-5-14)30-23(32)12-21(24(30)33)36-20-3-1-2-17(28)11-20/h1-11,21H,12-13,28H2,(H,29,31). The van der Waals surface area contributed by atoms with Gasteiger partial charge in [-0.2, -0.15) is 0 Å². The van der Waals surface area contributed by atoms with Crippen LogP contribution >= 0.6 is 35.0 Å². The lowest BCUT2D eigenvalue weighted by atomic mass is 10.2. The summed E-state index contributed by atoms with van der Waals surface area (Å²) in [5.41, 5.74) is 7.22. The summed E-state index contributed by atoms with van der Waals surface area (Å²) in [4.78, 5) is 51.8. The van der Waals surface area contributed by atoms with Gasteiger partial charge in [-0.15, -0.1) is 11.8 Å². The summed E-state index contributed by atoms with van der Waals surface area (Å²) < 4.78 is 5.05. The fourth-order valence-electron chi connectivity index (χ4n) is 3.50. The quantitative estimate of drug-likeness (QED) is 0.249. The molecule has 184 valence electrons. The Bertz CT molecular complexity index is 1330. The first-order chi connectivity index (χ1) is 17.2. The van der Waals surface area contributed by atoms with Crippen molar-refractivity contribution in [3.05, 3.63) is 82.3 Å². The second-order valence-electron chi connectivity index (χ2n) is 7.78. The number of rotatable bonds is 7. The maximum Gasteiger partial charge on any atom is 0.338 e. The zero-order valence-electron chi connectivity index (χ0n) is 18.6. The molecule has 0 saturated carbocycles. The van der Waals surface area contributed by atoms with Crippen molar-refractivity contribution in [1.29, 1.82) is 0 Å². The Morgan fingerprint density at radius 2 is 1.72 bits per heavy atom. The second kappa shape index (κ2) is 11.0. The van der Waals surface area contributed by atoms with Crippen LogP contribution in [0.1, 0.15) is 16.8 Å². The number of carbonyl (C=O) groups excluding carboxylic acids is 4. The van der Waals surface area contributed by atoms with Crippen LogP contribution in [-0.2, 0) is 19.1 Å². The molecule has 0 aromatic heterocycles. The number of nitrogens with two attached hydrogens (primary N) is 1. The molecule has 1 aliphatic rings. The molecular formula is C25H19Cl2N3O5S. The van der Waals surface area contributed by atoms with Crippen LogP contribution in [0.4, 0.5) is 17.1 Å². The van der Waals surface area contributed by atoms with Crippen LogP contribution in [0.2, 0.25) is 10.0 Å². The van der Waals surface area contributed by atoms with E-state index >= 15 is 0 Å². The second-order valence-corrected chi connectivity index (χ2v) is 9.93. The highest BCUT2D eigenvalue weighted by molar-refractivity contribution is 8.00. The van der Waals surface area contributed by atoms with Crippen LogP contribution in [0.3, 0.4) is 0 Å². The van der Waals surface area contributed by atoms with Crippen molar-refractivity contribution in [2.24, 2.45) is 0 Å². The fourth-order valence-corrected chi connectivity index (χ4v) is 5.15. The van der Waals surface area contributed by atoms with E-state index in [4.69, 9.17) is 33.7 Å². The number of esters is 1. The number of benzene rings is 3. The van der Waals surface area contributed by atoms with Gasteiger partial charge in [-0.25, -0.2) is 9.69 Å². The van der Waals surface area contributed by atoms with Gasteiger partial charge in [0.25, 0.3) is 5.91 Å². The van der Waals surface area contributed by atoms with Gasteiger partial charge in [0.15, 0.2) is 6.61 Å². The molecule has 1 aliphatic heterocycles. The molecule has 1 fully saturated rings. The highest BCUT2D eigenvalue weighted by Crippen LogP contribution is 2.34. The van der Waals surface area contributed by atoms with Gasteiger partial charge >= 0.3 is 5.97 Å². The number of nitrogen functional groups attached to an aromatic ring is 1. The smallest absolute Gasteiger partial charge is 0.338 e. The number of nitrogens with one attached hydrogen (secondary N) is 1. The molecule has 1 atom stereocenters. The molecule has 3 aromatic rings. The van der Waals surface area contributed by atoms with Gasteiger partial charge in [-0.05, 0) is 60.7 Å². The fraction of sp³-hybridized carbons (Fsp3) is 0.120. The summed E-state index contributed by atoms with van der Waals surface area (Å²) in [6, 6.07) is 17.4. The van der Waals surface area contributed by atoms with E-state index in [0.29, 0.717) is 27.1 Å². The van der Waals surface area contributed by atoms with E-state index < -0.39 is 23.7 Å². The van der Waals surface area contributed by atoms with Gasteiger partial charge < -0.3 is 15.8 Å². The maximum absolute atomic E-state index is 12.9. The Labute approximate surface area is 220 Å². The number of thioether (sulfide) groups is 1. The highest BCUT2D eigenvalue weighted by Gasteiger charge is 2.40. The molecule has 4 rings (SSSR count). The number of carbonyl (C=O) groups is 4. The molecule has 3 amide bonds. The third-order valence-corrected chi connectivity index (χ3v) is 6.70. The number of anilines is 3. The van der Waals surface area contributed by atoms with Crippen LogP contribution < -0.4 is 16.0 Å². The molecule has 0 bridgehead atoms. The maximum atomic E-state index is 12.9. The first-order valence-electron chi connectivity index (χ1n) is 10.6. The van der Waals surface area contributed by atoms with Crippen LogP contribution in [0.5, 0.6) is 0 Å². The zero-order chi connectivity index (χ0) is 25.8. The average molecular weight is 544 g/mol.